The van der Waals surface area contributed by atoms with Crippen molar-refractivity contribution in [2.24, 2.45) is 0 Å². The number of anilines is 1. The zero-order chi connectivity index (χ0) is 15.2. The normalized spacial score (nSPS) is 10.8. The zero-order valence-corrected chi connectivity index (χ0v) is 9.52. The van der Waals surface area contributed by atoms with Gasteiger partial charge in [0.2, 0.25) is 5.82 Å². The van der Waals surface area contributed by atoms with Gasteiger partial charge in [0.25, 0.3) is 0 Å². The third kappa shape index (κ3) is 1.89. The Labute approximate surface area is 108 Å². The molecule has 0 amide bonds. The van der Waals surface area contributed by atoms with E-state index in [1.807, 2.05) is 0 Å². The van der Waals surface area contributed by atoms with E-state index in [0.29, 0.717) is 12.1 Å². The molecule has 0 aliphatic heterocycles. The minimum atomic E-state index is -2.16. The van der Waals surface area contributed by atoms with E-state index >= 15 is 0 Å². The van der Waals surface area contributed by atoms with Crippen LogP contribution >= 0.6 is 0 Å². The van der Waals surface area contributed by atoms with Gasteiger partial charge in [-0.2, -0.15) is 4.39 Å². The molecule has 2 aromatic carbocycles. The van der Waals surface area contributed by atoms with Crippen LogP contribution in [0.15, 0.2) is 12.1 Å². The summed E-state index contributed by atoms with van der Waals surface area (Å²) in [6, 6.07) is 1.07. The molecule has 8 heteroatoms. The highest BCUT2D eigenvalue weighted by Crippen LogP contribution is 2.38. The summed E-state index contributed by atoms with van der Waals surface area (Å²) in [4.78, 5) is 0. The lowest BCUT2D eigenvalue weighted by atomic mass is 10.0. The van der Waals surface area contributed by atoms with E-state index in [1.165, 1.54) is 0 Å². The van der Waals surface area contributed by atoms with Gasteiger partial charge in [-0.05, 0) is 6.07 Å². The number of hydrogen-bond donors (Lipinski definition) is 3. The maximum atomic E-state index is 13.6. The molecular weight excluding hydrogens is 285 g/mol. The molecule has 0 unspecified atom stereocenters. The van der Waals surface area contributed by atoms with E-state index in [0.717, 1.165) is 0 Å². The standard InChI is InChI=1S/C12H6F5NO2/c13-4-2-6(19)5(18)1-3(4)7-8(14)10(16)11(17)12(20)9(7)15/h1-2,19-20H,18H2. The smallest absolute Gasteiger partial charge is 0.206 e. The summed E-state index contributed by atoms with van der Waals surface area (Å²) >= 11 is 0. The Morgan fingerprint density at radius 2 is 1.40 bits per heavy atom. The van der Waals surface area contributed by atoms with Crippen molar-refractivity contribution < 1.29 is 32.2 Å². The molecule has 0 fully saturated rings. The third-order valence-electron chi connectivity index (χ3n) is 2.63. The number of rotatable bonds is 1. The molecule has 2 aromatic rings. The molecule has 0 aliphatic carbocycles. The van der Waals surface area contributed by atoms with Crippen molar-refractivity contribution in [1.29, 1.82) is 0 Å². The topological polar surface area (TPSA) is 66.5 Å². The van der Waals surface area contributed by atoms with Gasteiger partial charge in [-0.3, -0.25) is 0 Å². The Bertz CT molecular complexity index is 689. The summed E-state index contributed by atoms with van der Waals surface area (Å²) < 4.78 is 66.9. The number of aromatic hydroxyl groups is 2. The average molecular weight is 291 g/mol. The molecule has 3 nitrogen and oxygen atoms in total. The number of phenols is 2. The molecule has 0 saturated heterocycles. The van der Waals surface area contributed by atoms with E-state index in [-0.39, 0.29) is 0 Å². The maximum absolute atomic E-state index is 13.6. The molecule has 4 N–H and O–H groups in total. The van der Waals surface area contributed by atoms with Gasteiger partial charge < -0.3 is 15.9 Å². The molecule has 0 radical (unpaired) electrons. The Morgan fingerprint density at radius 1 is 0.800 bits per heavy atom. The van der Waals surface area contributed by atoms with E-state index in [9.17, 15) is 22.0 Å². The third-order valence-corrected chi connectivity index (χ3v) is 2.63. The second-order valence-corrected chi connectivity index (χ2v) is 3.87. The molecule has 2 rings (SSSR count). The van der Waals surface area contributed by atoms with Crippen molar-refractivity contribution in [2.45, 2.75) is 0 Å². The SMILES string of the molecule is Nc1cc(-c2c(F)c(O)c(F)c(F)c2F)c(F)cc1O. The van der Waals surface area contributed by atoms with Crippen LogP contribution in [0.4, 0.5) is 27.6 Å². The fraction of sp³-hybridized carbons (Fsp3) is 0. The molecule has 0 spiro atoms. The van der Waals surface area contributed by atoms with Crippen LogP contribution in [-0.2, 0) is 0 Å². The Balaban J connectivity index is 2.87. The Hall–Kier alpha value is -2.51. The van der Waals surface area contributed by atoms with E-state index in [2.05, 4.69) is 0 Å². The lowest BCUT2D eigenvalue weighted by molar-refractivity contribution is 0.360. The fourth-order valence-corrected chi connectivity index (χ4v) is 1.63. The van der Waals surface area contributed by atoms with Crippen molar-refractivity contribution in [3.8, 4) is 22.6 Å². The number of hydrogen-bond acceptors (Lipinski definition) is 3. The maximum Gasteiger partial charge on any atom is 0.206 e. The quantitative estimate of drug-likeness (QED) is 0.249. The predicted molar refractivity (Wildman–Crippen MR) is 59.4 cm³/mol. The highest BCUT2D eigenvalue weighted by molar-refractivity contribution is 5.73. The lowest BCUT2D eigenvalue weighted by Crippen LogP contribution is -2.02. The summed E-state index contributed by atoms with van der Waals surface area (Å²) in [5.41, 5.74) is 2.60. The summed E-state index contributed by atoms with van der Waals surface area (Å²) in [6.45, 7) is 0. The first kappa shape index (κ1) is 13.9. The van der Waals surface area contributed by atoms with Crippen LogP contribution in [0.5, 0.6) is 11.5 Å². The highest BCUT2D eigenvalue weighted by Gasteiger charge is 2.28. The molecule has 0 heterocycles. The number of nitrogens with two attached hydrogens (primary N) is 1. The van der Waals surface area contributed by atoms with Crippen LogP contribution in [0.1, 0.15) is 0 Å². The van der Waals surface area contributed by atoms with Gasteiger partial charge >= 0.3 is 0 Å². The van der Waals surface area contributed by atoms with Crippen LogP contribution in [0.25, 0.3) is 11.1 Å². The molecule has 0 saturated carbocycles. The summed E-state index contributed by atoms with van der Waals surface area (Å²) in [5, 5.41) is 18.1. The second kappa shape index (κ2) is 4.55. The zero-order valence-electron chi connectivity index (χ0n) is 9.52. The van der Waals surface area contributed by atoms with Gasteiger partial charge in [0.15, 0.2) is 23.2 Å². The lowest BCUT2D eigenvalue weighted by Gasteiger charge is -2.11. The van der Waals surface area contributed by atoms with E-state index in [1.54, 1.807) is 0 Å². The van der Waals surface area contributed by atoms with Crippen molar-refractivity contribution in [3.63, 3.8) is 0 Å². The van der Waals surface area contributed by atoms with Gasteiger partial charge in [-0.15, -0.1) is 0 Å². The second-order valence-electron chi connectivity index (χ2n) is 3.87. The number of nitrogen functional groups attached to an aromatic ring is 1. The van der Waals surface area contributed by atoms with Gasteiger partial charge in [0, 0.05) is 11.6 Å². The monoisotopic (exact) mass is 291 g/mol. The van der Waals surface area contributed by atoms with Gasteiger partial charge in [0.1, 0.15) is 11.6 Å². The summed E-state index contributed by atoms with van der Waals surface area (Å²) in [7, 11) is 0. The van der Waals surface area contributed by atoms with E-state index in [4.69, 9.17) is 15.9 Å². The average Bonchev–Trinajstić information content (AvgIpc) is 2.40. The fourth-order valence-electron chi connectivity index (χ4n) is 1.63. The van der Waals surface area contributed by atoms with Gasteiger partial charge in [0.05, 0.1) is 11.3 Å². The summed E-state index contributed by atoms with van der Waals surface area (Å²) in [5.74, 6) is -12.0. The Morgan fingerprint density at radius 3 is 2.00 bits per heavy atom. The number of halogens is 5. The minimum Gasteiger partial charge on any atom is -0.506 e. The molecule has 0 aliphatic rings. The first-order valence-corrected chi connectivity index (χ1v) is 5.09. The molecule has 0 bridgehead atoms. The van der Waals surface area contributed by atoms with Crippen molar-refractivity contribution in [1.82, 2.24) is 0 Å². The molecule has 106 valence electrons. The van der Waals surface area contributed by atoms with Crippen LogP contribution in [0, 0.1) is 29.1 Å². The Kier molecular flexibility index (Phi) is 3.16. The number of benzene rings is 2. The molecule has 0 aromatic heterocycles. The summed E-state index contributed by atoms with van der Waals surface area (Å²) in [6.07, 6.45) is 0. The van der Waals surface area contributed by atoms with Gasteiger partial charge in [-0.25, -0.2) is 17.6 Å². The first-order valence-electron chi connectivity index (χ1n) is 5.09. The first-order chi connectivity index (χ1) is 9.25. The van der Waals surface area contributed by atoms with Crippen LogP contribution in [0.2, 0.25) is 0 Å². The van der Waals surface area contributed by atoms with Crippen molar-refractivity contribution in [2.75, 3.05) is 5.73 Å². The van der Waals surface area contributed by atoms with E-state index < -0.39 is 57.4 Å². The predicted octanol–water partition coefficient (Wildman–Crippen LogP) is 3.04. The molecular formula is C12H6F5NO2. The largest absolute Gasteiger partial charge is 0.506 e. The van der Waals surface area contributed by atoms with Crippen molar-refractivity contribution >= 4 is 5.69 Å². The van der Waals surface area contributed by atoms with Crippen LogP contribution in [0.3, 0.4) is 0 Å². The highest BCUT2D eigenvalue weighted by atomic mass is 19.2. The molecule has 20 heavy (non-hydrogen) atoms. The van der Waals surface area contributed by atoms with Gasteiger partial charge in [-0.1, -0.05) is 0 Å². The van der Waals surface area contributed by atoms with Crippen LogP contribution < -0.4 is 5.73 Å². The number of phenolic OH excluding ortho intramolecular Hbond substituents is 2. The van der Waals surface area contributed by atoms with Crippen LogP contribution in [-0.4, -0.2) is 10.2 Å². The molecule has 0 atom stereocenters. The minimum absolute atomic E-state index is 0.440. The van der Waals surface area contributed by atoms with Crippen molar-refractivity contribution in [3.05, 3.63) is 41.2 Å².